The maximum atomic E-state index is 10.9. The number of ether oxygens (including phenoxy) is 1. The number of nitrogens with zero attached hydrogens (tertiary/aromatic N) is 2. The van der Waals surface area contributed by atoms with Gasteiger partial charge in [0.15, 0.2) is 0 Å². The second-order valence-corrected chi connectivity index (χ2v) is 8.07. The van der Waals surface area contributed by atoms with E-state index in [0.29, 0.717) is 29.6 Å². The van der Waals surface area contributed by atoms with Gasteiger partial charge in [-0.25, -0.2) is 0 Å². The van der Waals surface area contributed by atoms with Crippen molar-refractivity contribution in [3.63, 3.8) is 0 Å². The molecule has 0 spiro atoms. The molecule has 0 aliphatic carbocycles. The van der Waals surface area contributed by atoms with Crippen molar-refractivity contribution in [1.82, 2.24) is 10.2 Å². The highest BCUT2D eigenvalue weighted by atomic mass is 35.5. The lowest BCUT2D eigenvalue weighted by atomic mass is 9.88. The van der Waals surface area contributed by atoms with Crippen LogP contribution in [0.1, 0.15) is 25.0 Å². The lowest BCUT2D eigenvalue weighted by molar-refractivity contribution is -0.131. The molecule has 0 saturated carbocycles. The van der Waals surface area contributed by atoms with Crippen LogP contribution in [0.3, 0.4) is 0 Å². The molecule has 1 aromatic rings. The second-order valence-electron chi connectivity index (χ2n) is 7.64. The van der Waals surface area contributed by atoms with Crippen LogP contribution in [0, 0.1) is 5.92 Å². The molecule has 148 valence electrons. The predicted octanol–water partition coefficient (Wildman–Crippen LogP) is -0.224. The smallest absolute Gasteiger partial charge is 0.141 e. The molecule has 7 atom stereocenters. The van der Waals surface area contributed by atoms with Gasteiger partial charge in [-0.2, -0.15) is 0 Å². The van der Waals surface area contributed by atoms with E-state index in [1.54, 1.807) is 24.3 Å². The van der Waals surface area contributed by atoms with Crippen molar-refractivity contribution in [2.24, 2.45) is 16.6 Å². The molecule has 9 heteroatoms. The molecule has 2 unspecified atom stereocenters. The van der Waals surface area contributed by atoms with Gasteiger partial charge in [0.05, 0.1) is 12.8 Å². The van der Waals surface area contributed by atoms with Gasteiger partial charge in [-0.3, -0.25) is 15.2 Å². The fraction of sp³-hybridized carbons (Fsp3) is 0.611. The molecule has 8 nitrogen and oxygen atoms in total. The number of aliphatic hydroxyl groups excluding tert-OH is 2. The maximum Gasteiger partial charge on any atom is 0.141 e. The van der Waals surface area contributed by atoms with Gasteiger partial charge >= 0.3 is 0 Å². The van der Waals surface area contributed by atoms with Gasteiger partial charge in [0.2, 0.25) is 0 Å². The van der Waals surface area contributed by atoms with Crippen molar-refractivity contribution in [2.75, 3.05) is 13.2 Å². The van der Waals surface area contributed by atoms with E-state index in [4.69, 9.17) is 22.1 Å². The number of rotatable bonds is 3. The third kappa shape index (κ3) is 3.15. The Bertz CT molecular complexity index is 729. The van der Waals surface area contributed by atoms with Crippen LogP contribution in [0.25, 0.3) is 0 Å². The van der Waals surface area contributed by atoms with Crippen LogP contribution in [0.15, 0.2) is 29.3 Å². The zero-order chi connectivity index (χ0) is 19.3. The summed E-state index contributed by atoms with van der Waals surface area (Å²) in [5.74, 6) is 0.637. The fourth-order valence-electron chi connectivity index (χ4n) is 4.33. The van der Waals surface area contributed by atoms with Gasteiger partial charge in [-0.05, 0) is 31.0 Å². The van der Waals surface area contributed by atoms with E-state index < -0.39 is 30.1 Å². The summed E-state index contributed by atoms with van der Waals surface area (Å²) in [5.41, 5.74) is 4.94. The number of aliphatic hydroxyl groups is 3. The Kier molecular flexibility index (Phi) is 4.92. The van der Waals surface area contributed by atoms with Crippen molar-refractivity contribution in [1.29, 1.82) is 0 Å². The standard InChI is InChI=1S/C18H25ClN4O4/c1-18(26)13(25)17(23-7-6-11-15(20)21-8-22-16(11)23)27-14(18)12(24)9-2-4-10(19)5-3-9/h2-5,11-14,16-17,22,24-26H,6-8H2,1H3,(H2,20,21)/t11?,12-,13+,14-,16?,17-,18+/m1/s1. The molecule has 3 aliphatic heterocycles. The average molecular weight is 397 g/mol. The summed E-state index contributed by atoms with van der Waals surface area (Å²) < 4.78 is 6.03. The molecule has 1 aromatic carbocycles. The van der Waals surface area contributed by atoms with Gasteiger partial charge < -0.3 is 25.8 Å². The molecule has 3 aliphatic rings. The van der Waals surface area contributed by atoms with E-state index in [1.807, 2.05) is 4.90 Å². The highest BCUT2D eigenvalue weighted by Gasteiger charge is 2.58. The molecule has 0 aromatic heterocycles. The maximum absolute atomic E-state index is 10.9. The van der Waals surface area contributed by atoms with Gasteiger partial charge in [0.1, 0.15) is 36.0 Å². The topological polar surface area (TPSA) is 124 Å². The van der Waals surface area contributed by atoms with E-state index in [9.17, 15) is 15.3 Å². The zero-order valence-corrected chi connectivity index (χ0v) is 15.8. The van der Waals surface area contributed by atoms with Crippen LogP contribution < -0.4 is 11.1 Å². The first-order valence-electron chi connectivity index (χ1n) is 9.09. The largest absolute Gasteiger partial charge is 0.387 e. The molecule has 0 radical (unpaired) electrons. The summed E-state index contributed by atoms with van der Waals surface area (Å²) in [6.45, 7) is 2.53. The van der Waals surface area contributed by atoms with E-state index in [1.165, 1.54) is 6.92 Å². The zero-order valence-electron chi connectivity index (χ0n) is 15.0. The summed E-state index contributed by atoms with van der Waals surface area (Å²) in [6.07, 6.45) is -3.39. The Balaban J connectivity index is 1.56. The molecule has 27 heavy (non-hydrogen) atoms. The number of benzene rings is 1. The average Bonchev–Trinajstić information content (AvgIpc) is 3.16. The molecule has 2 fully saturated rings. The Hall–Kier alpha value is -1.26. The fourth-order valence-corrected chi connectivity index (χ4v) is 4.45. The number of hydrogen-bond donors (Lipinski definition) is 5. The number of fused-ring (bicyclic) bond motifs is 1. The number of nitrogens with two attached hydrogens (primary N) is 1. The molecule has 6 N–H and O–H groups in total. The Morgan fingerprint density at radius 2 is 2.11 bits per heavy atom. The molecular weight excluding hydrogens is 372 g/mol. The van der Waals surface area contributed by atoms with Crippen LogP contribution in [0.4, 0.5) is 0 Å². The van der Waals surface area contributed by atoms with Crippen molar-refractivity contribution in [3.05, 3.63) is 34.9 Å². The first-order valence-corrected chi connectivity index (χ1v) is 9.47. The molecule has 0 bridgehead atoms. The lowest BCUT2D eigenvalue weighted by Crippen LogP contribution is -2.57. The summed E-state index contributed by atoms with van der Waals surface area (Å²) in [7, 11) is 0. The molecule has 3 heterocycles. The quantitative estimate of drug-likeness (QED) is 0.478. The molecule has 0 amide bonds. The predicted molar refractivity (Wildman–Crippen MR) is 99.9 cm³/mol. The minimum Gasteiger partial charge on any atom is -0.387 e. The van der Waals surface area contributed by atoms with Gasteiger partial charge in [0.25, 0.3) is 0 Å². The van der Waals surface area contributed by atoms with Crippen LogP contribution in [-0.2, 0) is 4.74 Å². The van der Waals surface area contributed by atoms with Crippen molar-refractivity contribution in [3.8, 4) is 0 Å². The SMILES string of the molecule is C[C@@]1(O)[C@@H]([C@H](O)c2ccc(Cl)cc2)O[C@@H](N2CCC3C(N)=NCNC32)[C@@H]1O. The van der Waals surface area contributed by atoms with Crippen LogP contribution >= 0.6 is 11.6 Å². The number of hydrogen-bond acceptors (Lipinski definition) is 8. The van der Waals surface area contributed by atoms with Gasteiger partial charge in [-0.15, -0.1) is 0 Å². The number of aliphatic imine (C=N–C) groups is 1. The van der Waals surface area contributed by atoms with Crippen LogP contribution in [0.2, 0.25) is 5.02 Å². The van der Waals surface area contributed by atoms with Crippen molar-refractivity contribution < 1.29 is 20.1 Å². The minimum atomic E-state index is -1.63. The second kappa shape index (κ2) is 6.97. The first-order chi connectivity index (χ1) is 12.8. The number of halogens is 1. The summed E-state index contributed by atoms with van der Waals surface area (Å²) in [4.78, 5) is 6.18. The van der Waals surface area contributed by atoms with Gasteiger partial charge in [0, 0.05) is 17.5 Å². The number of likely N-dealkylation sites (tertiary alicyclic amines) is 1. The first kappa shape index (κ1) is 19.1. The van der Waals surface area contributed by atoms with Gasteiger partial charge in [-0.1, -0.05) is 23.7 Å². The lowest BCUT2D eigenvalue weighted by Gasteiger charge is -2.36. The molecular formula is C18H25ClN4O4. The minimum absolute atomic E-state index is 0.0414. The highest BCUT2D eigenvalue weighted by Crippen LogP contribution is 2.41. The van der Waals surface area contributed by atoms with Crippen LogP contribution in [0.5, 0.6) is 0 Å². The Morgan fingerprint density at radius 1 is 1.41 bits per heavy atom. The van der Waals surface area contributed by atoms with E-state index >= 15 is 0 Å². The van der Waals surface area contributed by atoms with Crippen molar-refractivity contribution in [2.45, 2.75) is 49.7 Å². The normalized spacial score (nSPS) is 40.6. The number of amidine groups is 1. The van der Waals surface area contributed by atoms with E-state index in [2.05, 4.69) is 10.3 Å². The monoisotopic (exact) mass is 396 g/mol. The van der Waals surface area contributed by atoms with Crippen molar-refractivity contribution >= 4 is 17.4 Å². The van der Waals surface area contributed by atoms with E-state index in [0.717, 1.165) is 6.42 Å². The number of nitrogens with one attached hydrogen (secondary N) is 1. The third-order valence-corrected chi connectivity index (χ3v) is 6.19. The highest BCUT2D eigenvalue weighted by molar-refractivity contribution is 6.30. The third-order valence-electron chi connectivity index (χ3n) is 5.93. The van der Waals surface area contributed by atoms with E-state index in [-0.39, 0.29) is 12.1 Å². The Morgan fingerprint density at radius 3 is 2.81 bits per heavy atom. The summed E-state index contributed by atoms with van der Waals surface area (Å²) in [5, 5.41) is 36.4. The molecule has 4 rings (SSSR count). The summed E-state index contributed by atoms with van der Waals surface area (Å²) in [6, 6.07) is 6.68. The molecule has 2 saturated heterocycles. The summed E-state index contributed by atoms with van der Waals surface area (Å²) >= 11 is 5.91. The Labute approximate surface area is 162 Å². The van der Waals surface area contributed by atoms with Crippen LogP contribution in [-0.4, -0.2) is 69.5 Å².